The summed E-state index contributed by atoms with van der Waals surface area (Å²) in [5.41, 5.74) is 4.97. The van der Waals surface area contributed by atoms with Crippen molar-refractivity contribution in [1.29, 1.82) is 0 Å². The minimum absolute atomic E-state index is 0.00982. The summed E-state index contributed by atoms with van der Waals surface area (Å²) in [4.78, 5) is 33.3. The highest BCUT2D eigenvalue weighted by Gasteiger charge is 2.30. The van der Waals surface area contributed by atoms with Gasteiger partial charge < -0.3 is 21.5 Å². The molecule has 8 heteroatoms. The van der Waals surface area contributed by atoms with Gasteiger partial charge in [-0.2, -0.15) is 11.8 Å². The number of thioether (sulfide) groups is 1. The van der Waals surface area contributed by atoms with Crippen molar-refractivity contribution in [2.75, 3.05) is 12.3 Å². The van der Waals surface area contributed by atoms with Crippen molar-refractivity contribution >= 4 is 29.7 Å². The number of urea groups is 1. The molecular formula is C12H21N3O4S. The van der Waals surface area contributed by atoms with Gasteiger partial charge in [0, 0.05) is 17.7 Å². The molecule has 1 rings (SSSR count). The largest absolute Gasteiger partial charge is 0.480 e. The lowest BCUT2D eigenvalue weighted by Crippen LogP contribution is -2.49. The Balaban J connectivity index is 2.37. The number of nitrogens with one attached hydrogen (secondary N) is 2. The number of hydrogen-bond acceptors (Lipinski definition) is 4. The van der Waals surface area contributed by atoms with Gasteiger partial charge in [-0.1, -0.05) is 0 Å². The van der Waals surface area contributed by atoms with Gasteiger partial charge in [0.2, 0.25) is 5.91 Å². The summed E-state index contributed by atoms with van der Waals surface area (Å²) < 4.78 is 0.0171. The average molecular weight is 303 g/mol. The molecule has 3 amide bonds. The molecule has 7 nitrogen and oxygen atoms in total. The Morgan fingerprint density at radius 2 is 2.15 bits per heavy atom. The van der Waals surface area contributed by atoms with Crippen LogP contribution in [0.25, 0.3) is 0 Å². The SMILES string of the molecule is CC1(CNC(=O)NC(CCC(N)=O)C(=O)O)CCCS1. The summed E-state index contributed by atoms with van der Waals surface area (Å²) in [6.07, 6.45) is 2.07. The number of carboxylic acids is 1. The van der Waals surface area contributed by atoms with Crippen LogP contribution in [0.1, 0.15) is 32.6 Å². The van der Waals surface area contributed by atoms with E-state index in [1.165, 1.54) is 0 Å². The Hall–Kier alpha value is -1.44. The van der Waals surface area contributed by atoms with E-state index in [0.717, 1.165) is 18.6 Å². The number of aliphatic carboxylic acids is 1. The van der Waals surface area contributed by atoms with Crippen molar-refractivity contribution < 1.29 is 19.5 Å². The maximum Gasteiger partial charge on any atom is 0.326 e. The van der Waals surface area contributed by atoms with Crippen LogP contribution < -0.4 is 16.4 Å². The molecule has 20 heavy (non-hydrogen) atoms. The number of hydrogen-bond donors (Lipinski definition) is 4. The third kappa shape index (κ3) is 5.68. The van der Waals surface area contributed by atoms with E-state index in [9.17, 15) is 14.4 Å². The third-order valence-corrected chi connectivity index (χ3v) is 4.74. The Labute approximate surface area is 122 Å². The molecule has 0 saturated carbocycles. The van der Waals surface area contributed by atoms with Gasteiger partial charge in [-0.15, -0.1) is 0 Å². The monoisotopic (exact) mass is 303 g/mol. The first-order valence-corrected chi connectivity index (χ1v) is 7.50. The van der Waals surface area contributed by atoms with Crippen molar-refractivity contribution in [2.45, 2.75) is 43.4 Å². The van der Waals surface area contributed by atoms with Crippen molar-refractivity contribution in [3.05, 3.63) is 0 Å². The Kier molecular flexibility index (Phi) is 6.12. The van der Waals surface area contributed by atoms with E-state index in [0.29, 0.717) is 6.54 Å². The molecule has 114 valence electrons. The Bertz CT molecular complexity index is 383. The second kappa shape index (κ2) is 7.37. The zero-order valence-corrected chi connectivity index (χ0v) is 12.3. The Morgan fingerprint density at radius 3 is 2.65 bits per heavy atom. The molecule has 1 fully saturated rings. The molecule has 1 saturated heterocycles. The molecule has 0 aromatic rings. The average Bonchev–Trinajstić information content (AvgIpc) is 2.79. The molecule has 0 bridgehead atoms. The van der Waals surface area contributed by atoms with E-state index < -0.39 is 23.9 Å². The fourth-order valence-corrected chi connectivity index (χ4v) is 3.24. The van der Waals surface area contributed by atoms with Crippen LogP contribution in [0, 0.1) is 0 Å². The van der Waals surface area contributed by atoms with Crippen LogP contribution in [-0.2, 0) is 9.59 Å². The van der Waals surface area contributed by atoms with E-state index in [1.807, 2.05) is 0 Å². The maximum absolute atomic E-state index is 11.7. The summed E-state index contributed by atoms with van der Waals surface area (Å²) >= 11 is 1.81. The molecule has 0 aromatic carbocycles. The summed E-state index contributed by atoms with van der Waals surface area (Å²) in [7, 11) is 0. The van der Waals surface area contributed by atoms with Crippen LogP contribution in [-0.4, -0.2) is 46.1 Å². The fourth-order valence-electron chi connectivity index (χ4n) is 2.00. The lowest BCUT2D eigenvalue weighted by molar-refractivity contribution is -0.139. The molecule has 0 radical (unpaired) electrons. The second-order valence-corrected chi connectivity index (χ2v) is 6.81. The van der Waals surface area contributed by atoms with Crippen LogP contribution in [0.4, 0.5) is 4.79 Å². The predicted octanol–water partition coefficient (Wildman–Crippen LogP) is 0.290. The smallest absolute Gasteiger partial charge is 0.326 e. The number of rotatable bonds is 7. The van der Waals surface area contributed by atoms with Gasteiger partial charge in [0.15, 0.2) is 0 Å². The van der Waals surface area contributed by atoms with Crippen molar-refractivity contribution in [3.8, 4) is 0 Å². The van der Waals surface area contributed by atoms with Crippen molar-refractivity contribution in [3.63, 3.8) is 0 Å². The standard InChI is InChI=1S/C12H21N3O4S/c1-12(5-2-6-20-12)7-14-11(19)15-8(10(17)18)3-4-9(13)16/h8H,2-7H2,1H3,(H2,13,16)(H,17,18)(H2,14,15,19). The molecule has 2 unspecified atom stereocenters. The minimum Gasteiger partial charge on any atom is -0.480 e. The molecule has 0 spiro atoms. The van der Waals surface area contributed by atoms with E-state index in [1.54, 1.807) is 11.8 Å². The van der Waals surface area contributed by atoms with Gasteiger partial charge >= 0.3 is 12.0 Å². The zero-order chi connectivity index (χ0) is 15.2. The minimum atomic E-state index is -1.18. The summed E-state index contributed by atoms with van der Waals surface area (Å²) in [6.45, 7) is 2.57. The second-order valence-electron chi connectivity index (χ2n) is 5.12. The highest BCUT2D eigenvalue weighted by molar-refractivity contribution is 8.00. The maximum atomic E-state index is 11.7. The number of carbonyl (C=O) groups is 3. The van der Waals surface area contributed by atoms with Crippen LogP contribution in [0.5, 0.6) is 0 Å². The van der Waals surface area contributed by atoms with E-state index in [-0.39, 0.29) is 17.6 Å². The van der Waals surface area contributed by atoms with Gasteiger partial charge in [0.05, 0.1) is 0 Å². The molecule has 0 aromatic heterocycles. The van der Waals surface area contributed by atoms with Crippen LogP contribution >= 0.6 is 11.8 Å². The van der Waals surface area contributed by atoms with Crippen LogP contribution in [0.2, 0.25) is 0 Å². The zero-order valence-electron chi connectivity index (χ0n) is 11.5. The van der Waals surface area contributed by atoms with E-state index >= 15 is 0 Å². The number of primary amides is 1. The number of carboxylic acid groups (broad SMARTS) is 1. The molecule has 1 heterocycles. The first-order valence-electron chi connectivity index (χ1n) is 6.52. The lowest BCUT2D eigenvalue weighted by Gasteiger charge is -2.23. The first kappa shape index (κ1) is 16.6. The number of nitrogens with two attached hydrogens (primary N) is 1. The quantitative estimate of drug-likeness (QED) is 0.538. The van der Waals surface area contributed by atoms with Gasteiger partial charge in [-0.3, -0.25) is 4.79 Å². The predicted molar refractivity (Wildman–Crippen MR) is 76.5 cm³/mol. The van der Waals surface area contributed by atoms with Gasteiger partial charge in [-0.05, 0) is 31.9 Å². The van der Waals surface area contributed by atoms with Gasteiger partial charge in [0.25, 0.3) is 0 Å². The van der Waals surface area contributed by atoms with Crippen molar-refractivity contribution in [1.82, 2.24) is 10.6 Å². The van der Waals surface area contributed by atoms with Crippen molar-refractivity contribution in [2.24, 2.45) is 5.73 Å². The van der Waals surface area contributed by atoms with E-state index in [2.05, 4.69) is 17.6 Å². The first-order chi connectivity index (χ1) is 9.32. The van der Waals surface area contributed by atoms with Gasteiger partial charge in [0.1, 0.15) is 6.04 Å². The summed E-state index contributed by atoms with van der Waals surface area (Å²) in [6, 6.07) is -1.64. The summed E-state index contributed by atoms with van der Waals surface area (Å²) in [5, 5.41) is 14.0. The highest BCUT2D eigenvalue weighted by atomic mass is 32.2. The third-order valence-electron chi connectivity index (χ3n) is 3.21. The summed E-state index contributed by atoms with van der Waals surface area (Å²) in [5.74, 6) is -0.688. The molecule has 5 N–H and O–H groups in total. The molecule has 2 atom stereocenters. The van der Waals surface area contributed by atoms with Crippen LogP contribution in [0.15, 0.2) is 0 Å². The van der Waals surface area contributed by atoms with Gasteiger partial charge in [-0.25, -0.2) is 9.59 Å². The normalized spacial score (nSPS) is 23.1. The Morgan fingerprint density at radius 1 is 1.45 bits per heavy atom. The number of amides is 3. The molecule has 0 aliphatic carbocycles. The number of carbonyl (C=O) groups excluding carboxylic acids is 2. The molecule has 1 aliphatic heterocycles. The fraction of sp³-hybridized carbons (Fsp3) is 0.750. The van der Waals surface area contributed by atoms with Crippen LogP contribution in [0.3, 0.4) is 0 Å². The van der Waals surface area contributed by atoms with E-state index in [4.69, 9.17) is 10.8 Å². The molecule has 1 aliphatic rings. The lowest BCUT2D eigenvalue weighted by atomic mass is 10.1. The highest BCUT2D eigenvalue weighted by Crippen LogP contribution is 2.36. The molecular weight excluding hydrogens is 282 g/mol. The topological polar surface area (TPSA) is 122 Å².